The van der Waals surface area contributed by atoms with Crippen molar-refractivity contribution in [3.8, 4) is 0 Å². The second-order valence-corrected chi connectivity index (χ2v) is 9.71. The molecule has 0 N–H and O–H groups in total. The fourth-order valence-electron chi connectivity index (χ4n) is 3.77. The summed E-state index contributed by atoms with van der Waals surface area (Å²) >= 11 is 7.42. The van der Waals surface area contributed by atoms with Crippen molar-refractivity contribution >= 4 is 35.2 Å². The van der Waals surface area contributed by atoms with Gasteiger partial charge in [0.2, 0.25) is 11.9 Å². The van der Waals surface area contributed by atoms with Gasteiger partial charge in [-0.25, -0.2) is 4.39 Å². The monoisotopic (exact) mass is 491 g/mol. The molecular formula is C23H27ClFN5O2S. The summed E-state index contributed by atoms with van der Waals surface area (Å²) < 4.78 is 21.6. The van der Waals surface area contributed by atoms with E-state index in [-0.39, 0.29) is 18.2 Å². The number of amides is 1. The maximum atomic E-state index is 14.1. The number of furan rings is 1. The predicted molar refractivity (Wildman–Crippen MR) is 127 cm³/mol. The molecule has 0 atom stereocenters. The molecule has 3 heterocycles. The minimum Gasteiger partial charge on any atom is -0.467 e. The minimum atomic E-state index is -0.423. The number of nitrogens with zero attached hydrogens (tertiary/aromatic N) is 5. The van der Waals surface area contributed by atoms with Crippen molar-refractivity contribution in [1.29, 1.82) is 0 Å². The number of hydrogen-bond donors (Lipinski definition) is 0. The van der Waals surface area contributed by atoms with Crippen molar-refractivity contribution in [2.75, 3.05) is 30.8 Å². The summed E-state index contributed by atoms with van der Waals surface area (Å²) in [7, 11) is 1.64. The zero-order valence-corrected chi connectivity index (χ0v) is 20.3. The average Bonchev–Trinajstić information content (AvgIpc) is 3.46. The molecule has 1 saturated heterocycles. The van der Waals surface area contributed by atoms with Crippen LogP contribution in [0.4, 0.5) is 10.3 Å². The molecule has 1 aromatic carbocycles. The topological polar surface area (TPSA) is 67.4 Å². The lowest BCUT2D eigenvalue weighted by atomic mass is 10.00. The number of hydrogen-bond acceptors (Lipinski definition) is 6. The van der Waals surface area contributed by atoms with Crippen LogP contribution in [-0.2, 0) is 17.9 Å². The molecule has 0 saturated carbocycles. The zero-order valence-electron chi connectivity index (χ0n) is 18.7. The van der Waals surface area contributed by atoms with Crippen LogP contribution in [0.25, 0.3) is 0 Å². The van der Waals surface area contributed by atoms with E-state index in [1.54, 1.807) is 25.4 Å². The van der Waals surface area contributed by atoms with Crippen LogP contribution in [0.5, 0.6) is 0 Å². The molecule has 2 aromatic heterocycles. The van der Waals surface area contributed by atoms with Gasteiger partial charge in [-0.15, -0.1) is 10.2 Å². The quantitative estimate of drug-likeness (QED) is 0.425. The number of carbonyl (C=O) groups is 1. The van der Waals surface area contributed by atoms with Gasteiger partial charge in [-0.2, -0.15) is 0 Å². The van der Waals surface area contributed by atoms with Gasteiger partial charge in [0.1, 0.15) is 11.6 Å². The summed E-state index contributed by atoms with van der Waals surface area (Å²) in [6.07, 6.45) is 3.86. The Hall–Kier alpha value is -2.52. The maximum absolute atomic E-state index is 14.1. The Morgan fingerprint density at radius 1 is 1.27 bits per heavy atom. The Morgan fingerprint density at radius 3 is 2.76 bits per heavy atom. The number of anilines is 1. The molecule has 1 aliphatic heterocycles. The molecular weight excluding hydrogens is 465 g/mol. The van der Waals surface area contributed by atoms with E-state index in [4.69, 9.17) is 16.0 Å². The lowest BCUT2D eigenvalue weighted by Gasteiger charge is -2.31. The summed E-state index contributed by atoms with van der Waals surface area (Å²) in [5.74, 6) is 1.86. The molecule has 10 heteroatoms. The third-order valence-electron chi connectivity index (χ3n) is 5.87. The Bertz CT molecular complexity index is 1060. The predicted octanol–water partition coefficient (Wildman–Crippen LogP) is 4.70. The van der Waals surface area contributed by atoms with Crippen molar-refractivity contribution in [3.05, 3.63) is 58.8 Å². The van der Waals surface area contributed by atoms with Gasteiger partial charge in [-0.1, -0.05) is 36.4 Å². The maximum Gasteiger partial charge on any atom is 0.233 e. The first-order valence-corrected chi connectivity index (χ1v) is 12.3. The van der Waals surface area contributed by atoms with Gasteiger partial charge >= 0.3 is 0 Å². The summed E-state index contributed by atoms with van der Waals surface area (Å²) in [5.41, 5.74) is 0.308. The Kier molecular flexibility index (Phi) is 7.60. The van der Waals surface area contributed by atoms with Gasteiger partial charge in [0.15, 0.2) is 5.16 Å². The van der Waals surface area contributed by atoms with Gasteiger partial charge in [0.25, 0.3) is 0 Å². The second-order valence-electron chi connectivity index (χ2n) is 8.36. The van der Waals surface area contributed by atoms with Crippen LogP contribution in [0.15, 0.2) is 46.2 Å². The van der Waals surface area contributed by atoms with E-state index in [2.05, 4.69) is 22.0 Å². The molecule has 3 aromatic rings. The van der Waals surface area contributed by atoms with Crippen molar-refractivity contribution in [3.63, 3.8) is 0 Å². The highest BCUT2D eigenvalue weighted by Crippen LogP contribution is 2.27. The first-order chi connectivity index (χ1) is 15.9. The lowest BCUT2D eigenvalue weighted by molar-refractivity contribution is -0.127. The fraction of sp³-hybridized carbons (Fsp3) is 0.435. The number of carbonyl (C=O) groups excluding carboxylic acids is 1. The molecule has 33 heavy (non-hydrogen) atoms. The van der Waals surface area contributed by atoms with Gasteiger partial charge < -0.3 is 14.2 Å². The van der Waals surface area contributed by atoms with Gasteiger partial charge in [0.05, 0.1) is 18.6 Å². The summed E-state index contributed by atoms with van der Waals surface area (Å²) in [5, 5.41) is 9.77. The highest BCUT2D eigenvalue weighted by atomic mass is 35.5. The van der Waals surface area contributed by atoms with E-state index in [1.165, 1.54) is 22.7 Å². The smallest absolute Gasteiger partial charge is 0.233 e. The number of halogens is 2. The number of benzene rings is 1. The Balaban J connectivity index is 1.46. The van der Waals surface area contributed by atoms with Crippen LogP contribution >= 0.6 is 23.4 Å². The summed E-state index contributed by atoms with van der Waals surface area (Å²) in [6, 6.07) is 8.27. The molecule has 0 unspecified atom stereocenters. The van der Waals surface area contributed by atoms with Crippen LogP contribution in [-0.4, -0.2) is 51.5 Å². The van der Waals surface area contributed by atoms with Crippen LogP contribution in [0.1, 0.15) is 31.1 Å². The number of rotatable bonds is 8. The van der Waals surface area contributed by atoms with Crippen LogP contribution in [0.2, 0.25) is 5.02 Å². The molecule has 4 rings (SSSR count). The Labute approximate surface area is 201 Å². The number of aromatic nitrogens is 3. The molecule has 0 aliphatic carbocycles. The molecule has 0 radical (unpaired) electrons. The third kappa shape index (κ3) is 5.70. The summed E-state index contributed by atoms with van der Waals surface area (Å²) in [6.45, 7) is 4.70. The zero-order chi connectivity index (χ0) is 23.4. The first-order valence-electron chi connectivity index (χ1n) is 10.9. The normalized spacial score (nSPS) is 14.6. The van der Waals surface area contributed by atoms with Crippen molar-refractivity contribution in [2.24, 2.45) is 5.92 Å². The minimum absolute atomic E-state index is 0.0984. The molecule has 0 spiro atoms. The highest BCUT2D eigenvalue weighted by Gasteiger charge is 2.24. The van der Waals surface area contributed by atoms with E-state index >= 15 is 0 Å². The standard InChI is InChI=1S/C23H27ClFN5O2S/c1-16-8-10-29(11-9-16)22-26-27-23(30(22)13-17-5-4-12-32-17)33-15-21(31)28(2)14-18-19(24)6-3-7-20(18)25/h3-7,12,16H,8-11,13-15H2,1-2H3. The van der Waals surface area contributed by atoms with E-state index in [0.717, 1.165) is 37.6 Å². The molecule has 7 nitrogen and oxygen atoms in total. The van der Waals surface area contributed by atoms with E-state index in [1.807, 2.05) is 16.7 Å². The Morgan fingerprint density at radius 2 is 2.06 bits per heavy atom. The molecule has 1 aliphatic rings. The van der Waals surface area contributed by atoms with Gasteiger partial charge in [-0.05, 0) is 43.0 Å². The largest absolute Gasteiger partial charge is 0.467 e. The van der Waals surface area contributed by atoms with E-state index in [9.17, 15) is 9.18 Å². The molecule has 1 fully saturated rings. The fourth-order valence-corrected chi connectivity index (χ4v) is 4.87. The SMILES string of the molecule is CC1CCN(c2nnc(SCC(=O)N(C)Cc3c(F)cccc3Cl)n2Cc2ccco2)CC1. The second kappa shape index (κ2) is 10.6. The first kappa shape index (κ1) is 23.6. The molecule has 176 valence electrons. The van der Waals surface area contributed by atoms with Crippen LogP contribution < -0.4 is 4.90 Å². The van der Waals surface area contributed by atoms with Crippen LogP contribution in [0, 0.1) is 11.7 Å². The van der Waals surface area contributed by atoms with Crippen molar-refractivity contribution < 1.29 is 13.6 Å². The summed E-state index contributed by atoms with van der Waals surface area (Å²) in [4.78, 5) is 16.5. The third-order valence-corrected chi connectivity index (χ3v) is 7.17. The van der Waals surface area contributed by atoms with E-state index in [0.29, 0.717) is 28.2 Å². The van der Waals surface area contributed by atoms with Crippen LogP contribution in [0.3, 0.4) is 0 Å². The highest BCUT2D eigenvalue weighted by molar-refractivity contribution is 7.99. The van der Waals surface area contributed by atoms with Gasteiger partial charge in [-0.3, -0.25) is 9.36 Å². The average molecular weight is 492 g/mol. The van der Waals surface area contributed by atoms with Crippen molar-refractivity contribution in [2.45, 2.75) is 38.0 Å². The lowest BCUT2D eigenvalue weighted by Crippen LogP contribution is -2.35. The number of thioether (sulfide) groups is 1. The molecule has 0 bridgehead atoms. The van der Waals surface area contributed by atoms with Crippen molar-refractivity contribution in [1.82, 2.24) is 19.7 Å². The number of piperidine rings is 1. The molecule has 1 amide bonds. The van der Waals surface area contributed by atoms with E-state index < -0.39 is 5.82 Å². The van der Waals surface area contributed by atoms with Gasteiger partial charge in [0, 0.05) is 37.3 Å².